The molecule has 0 bridgehead atoms. The summed E-state index contributed by atoms with van der Waals surface area (Å²) in [6.07, 6.45) is -3.96. The van der Waals surface area contributed by atoms with Crippen LogP contribution in [0.4, 0.5) is 32.0 Å². The number of aromatic nitrogens is 1. The Morgan fingerprint density at radius 3 is 2.24 bits per heavy atom. The van der Waals surface area contributed by atoms with Crippen LogP contribution >= 0.6 is 15.9 Å². The second-order valence-electron chi connectivity index (χ2n) is 6.38. The van der Waals surface area contributed by atoms with Crippen molar-refractivity contribution in [3.63, 3.8) is 0 Å². The number of halogens is 7. The number of anilines is 1. The van der Waals surface area contributed by atoms with Gasteiger partial charge in [0.2, 0.25) is 0 Å². The Kier molecular flexibility index (Phi) is 6.33. The molecular formula is C20H10BrF6N3O3. The summed E-state index contributed by atoms with van der Waals surface area (Å²) in [6, 6.07) is 3.45. The lowest BCUT2D eigenvalue weighted by molar-refractivity contribution is -0.138. The van der Waals surface area contributed by atoms with E-state index in [1.54, 1.807) is 6.07 Å². The van der Waals surface area contributed by atoms with Gasteiger partial charge < -0.3 is 19.8 Å². The van der Waals surface area contributed by atoms with E-state index in [0.717, 1.165) is 23.9 Å². The summed E-state index contributed by atoms with van der Waals surface area (Å²) in [5.41, 5.74) is 3.09. The van der Waals surface area contributed by atoms with Gasteiger partial charge in [-0.1, -0.05) is 0 Å². The highest BCUT2D eigenvalue weighted by Gasteiger charge is 2.33. The Bertz CT molecular complexity index is 1290. The number of esters is 1. The minimum Gasteiger partial charge on any atom is -0.464 e. The van der Waals surface area contributed by atoms with Gasteiger partial charge in [0.25, 0.3) is 0 Å². The third kappa shape index (κ3) is 4.47. The molecule has 0 radical (unpaired) electrons. The molecule has 0 fully saturated rings. The number of nitrogen functional groups attached to an aromatic ring is 1. The van der Waals surface area contributed by atoms with Crippen molar-refractivity contribution in [1.29, 1.82) is 5.26 Å². The van der Waals surface area contributed by atoms with Gasteiger partial charge in [0.1, 0.15) is 11.9 Å². The Hall–Kier alpha value is -3.66. The zero-order chi connectivity index (χ0) is 24.7. The van der Waals surface area contributed by atoms with Crippen molar-refractivity contribution in [3.05, 3.63) is 69.2 Å². The Morgan fingerprint density at radius 2 is 1.73 bits per heavy atom. The molecule has 3 rings (SSSR count). The predicted octanol–water partition coefficient (Wildman–Crippen LogP) is 5.71. The van der Waals surface area contributed by atoms with Gasteiger partial charge in [-0.05, 0) is 34.1 Å². The van der Waals surface area contributed by atoms with Gasteiger partial charge >= 0.3 is 12.1 Å². The number of carbonyl (C=O) groups excluding carboxylic acids is 1. The summed E-state index contributed by atoms with van der Waals surface area (Å²) in [4.78, 5) is 12.2. The van der Waals surface area contributed by atoms with Crippen LogP contribution < -0.4 is 10.5 Å². The fourth-order valence-electron chi connectivity index (χ4n) is 2.82. The van der Waals surface area contributed by atoms with Crippen molar-refractivity contribution >= 4 is 27.6 Å². The molecule has 172 valence electrons. The normalized spacial score (nSPS) is 11.2. The van der Waals surface area contributed by atoms with Crippen molar-refractivity contribution in [2.24, 2.45) is 0 Å². The highest BCUT2D eigenvalue weighted by atomic mass is 79.9. The minimum absolute atomic E-state index is 0.00854. The van der Waals surface area contributed by atoms with Gasteiger partial charge in [-0.25, -0.2) is 18.0 Å². The van der Waals surface area contributed by atoms with E-state index in [0.29, 0.717) is 6.07 Å². The van der Waals surface area contributed by atoms with Crippen molar-refractivity contribution < 1.29 is 40.6 Å². The van der Waals surface area contributed by atoms with Gasteiger partial charge in [0, 0.05) is 12.3 Å². The Balaban J connectivity index is 2.24. The number of nitriles is 1. The smallest absolute Gasteiger partial charge is 0.416 e. The minimum atomic E-state index is -5.03. The quantitative estimate of drug-likeness (QED) is 0.342. The van der Waals surface area contributed by atoms with Crippen LogP contribution in [0.1, 0.15) is 21.6 Å². The molecule has 33 heavy (non-hydrogen) atoms. The number of alkyl halides is 3. The van der Waals surface area contributed by atoms with Crippen LogP contribution in [0.5, 0.6) is 11.5 Å². The van der Waals surface area contributed by atoms with Crippen LogP contribution in [0.3, 0.4) is 0 Å². The summed E-state index contributed by atoms with van der Waals surface area (Å²) >= 11 is 2.91. The molecule has 2 aromatic carbocycles. The number of rotatable bonds is 4. The summed E-state index contributed by atoms with van der Waals surface area (Å²) in [7, 11) is 1.02. The highest BCUT2D eigenvalue weighted by molar-refractivity contribution is 9.10. The first-order chi connectivity index (χ1) is 15.4. The molecule has 0 aliphatic rings. The summed E-state index contributed by atoms with van der Waals surface area (Å²) in [6.45, 7) is 0. The molecule has 0 saturated carbocycles. The third-order valence-corrected chi connectivity index (χ3v) is 4.95. The molecule has 1 aromatic heterocycles. The third-order valence-electron chi connectivity index (χ3n) is 4.34. The fraction of sp³-hybridized carbons (Fsp3) is 0.100. The maximum Gasteiger partial charge on any atom is 0.416 e. The van der Waals surface area contributed by atoms with Crippen molar-refractivity contribution in [2.75, 3.05) is 12.8 Å². The van der Waals surface area contributed by atoms with Gasteiger partial charge in [-0.15, -0.1) is 0 Å². The number of carbonyl (C=O) groups is 1. The summed E-state index contributed by atoms with van der Waals surface area (Å²) in [5.74, 6) is -7.28. The Labute approximate surface area is 189 Å². The number of hydrogen-bond donors (Lipinski definition) is 1. The average Bonchev–Trinajstić information content (AvgIpc) is 3.07. The number of nitrogens with zero attached hydrogens (tertiary/aromatic N) is 2. The lowest BCUT2D eigenvalue weighted by Crippen LogP contribution is -2.12. The summed E-state index contributed by atoms with van der Waals surface area (Å²) in [5, 5.41) is 9.24. The number of nitrogens with two attached hydrogens (primary N) is 1. The lowest BCUT2D eigenvalue weighted by Gasteiger charge is -2.17. The molecule has 0 unspecified atom stereocenters. The van der Waals surface area contributed by atoms with E-state index in [1.807, 2.05) is 0 Å². The molecule has 3 aromatic rings. The molecule has 6 nitrogen and oxygen atoms in total. The van der Waals surface area contributed by atoms with E-state index < -0.39 is 46.7 Å². The van der Waals surface area contributed by atoms with Crippen LogP contribution in [0.2, 0.25) is 0 Å². The molecule has 13 heteroatoms. The SMILES string of the molecule is COC(=O)c1c(N)c(C#N)cn1-c1cc(Br)c(F)cc1Oc1c(F)cc(C(F)(F)F)cc1F. The molecule has 1 heterocycles. The van der Waals surface area contributed by atoms with Gasteiger partial charge in [-0.3, -0.25) is 0 Å². The first-order valence-corrected chi connectivity index (χ1v) is 9.41. The lowest BCUT2D eigenvalue weighted by atomic mass is 10.2. The molecule has 0 amide bonds. The van der Waals surface area contributed by atoms with Gasteiger partial charge in [0.05, 0.1) is 34.1 Å². The highest BCUT2D eigenvalue weighted by Crippen LogP contribution is 2.39. The summed E-state index contributed by atoms with van der Waals surface area (Å²) < 4.78 is 91.8. The topological polar surface area (TPSA) is 90.3 Å². The zero-order valence-electron chi connectivity index (χ0n) is 16.2. The first kappa shape index (κ1) is 24.0. The standard InChI is InChI=1S/C20H10BrF6N3O3/c1-32-19(31)17-16(29)8(6-28)7-30(17)14-4-10(21)11(22)5-15(14)33-18-12(23)2-9(3-13(18)24)20(25,26)27/h2-5,7H,29H2,1H3. The molecular weight excluding hydrogens is 524 g/mol. The predicted molar refractivity (Wildman–Crippen MR) is 105 cm³/mol. The van der Waals surface area contributed by atoms with Crippen molar-refractivity contribution in [2.45, 2.75) is 6.18 Å². The second kappa shape index (κ2) is 8.70. The molecule has 0 atom stereocenters. The van der Waals surface area contributed by atoms with Crippen LogP contribution in [0.15, 0.2) is 34.9 Å². The maximum atomic E-state index is 14.3. The molecule has 0 aliphatic carbocycles. The number of benzene rings is 2. The van der Waals surface area contributed by atoms with Crippen LogP contribution in [0, 0.1) is 28.8 Å². The Morgan fingerprint density at radius 1 is 1.12 bits per heavy atom. The van der Waals surface area contributed by atoms with Gasteiger partial charge in [-0.2, -0.15) is 18.4 Å². The maximum absolute atomic E-state index is 14.3. The number of methoxy groups -OCH3 is 1. The van der Waals surface area contributed by atoms with Crippen molar-refractivity contribution in [1.82, 2.24) is 4.57 Å². The van der Waals surface area contributed by atoms with Crippen molar-refractivity contribution in [3.8, 4) is 23.3 Å². The second-order valence-corrected chi connectivity index (χ2v) is 7.24. The molecule has 0 spiro atoms. The number of ether oxygens (including phenoxy) is 2. The average molecular weight is 534 g/mol. The monoisotopic (exact) mass is 533 g/mol. The van der Waals surface area contributed by atoms with Crippen LogP contribution in [-0.2, 0) is 10.9 Å². The number of hydrogen-bond acceptors (Lipinski definition) is 5. The molecule has 0 saturated heterocycles. The van der Waals surface area contributed by atoms with E-state index in [4.69, 9.17) is 10.5 Å². The largest absolute Gasteiger partial charge is 0.464 e. The molecule has 2 N–H and O–H groups in total. The van der Waals surface area contributed by atoms with Crippen LogP contribution in [-0.4, -0.2) is 17.6 Å². The van der Waals surface area contributed by atoms with E-state index in [9.17, 15) is 36.4 Å². The van der Waals surface area contributed by atoms with E-state index in [-0.39, 0.29) is 39.2 Å². The zero-order valence-corrected chi connectivity index (χ0v) is 17.8. The van der Waals surface area contributed by atoms with Crippen LogP contribution in [0.25, 0.3) is 5.69 Å². The van der Waals surface area contributed by atoms with Gasteiger partial charge in [0.15, 0.2) is 28.8 Å². The first-order valence-electron chi connectivity index (χ1n) is 8.61. The van der Waals surface area contributed by atoms with E-state index >= 15 is 0 Å². The molecule has 0 aliphatic heterocycles. The van der Waals surface area contributed by atoms with E-state index in [2.05, 4.69) is 20.7 Å². The van der Waals surface area contributed by atoms with E-state index in [1.165, 1.54) is 0 Å². The fourth-order valence-corrected chi connectivity index (χ4v) is 3.15.